The van der Waals surface area contributed by atoms with E-state index < -0.39 is 23.3 Å². The van der Waals surface area contributed by atoms with E-state index in [1.54, 1.807) is 24.7 Å². The van der Waals surface area contributed by atoms with Crippen LogP contribution in [0.5, 0.6) is 0 Å². The fourth-order valence-corrected chi connectivity index (χ4v) is 4.33. The Bertz CT molecular complexity index is 1490. The highest BCUT2D eigenvalue weighted by Gasteiger charge is 2.66. The molecule has 0 radical (unpaired) electrons. The number of hydrogen-bond acceptors (Lipinski definition) is 7. The van der Waals surface area contributed by atoms with Gasteiger partial charge in [-0.3, -0.25) is 9.89 Å². The van der Waals surface area contributed by atoms with Crippen LogP contribution in [0.15, 0.2) is 47.4 Å². The van der Waals surface area contributed by atoms with Gasteiger partial charge < -0.3 is 15.2 Å². The lowest BCUT2D eigenvalue weighted by Gasteiger charge is -2.14. The van der Waals surface area contributed by atoms with Crippen molar-refractivity contribution in [3.05, 3.63) is 65.7 Å². The SMILES string of the molecule is O=C(Cc1ccc(-c2cnc(Nc3cn[nH]c3C3CC3)nc2)cc1F)Nc1cc(C2(C(F)(F)F)CC2)on1. The highest BCUT2D eigenvalue weighted by atomic mass is 19.4. The van der Waals surface area contributed by atoms with E-state index in [2.05, 4.69) is 36.0 Å². The number of alkyl halides is 3. The maximum absolute atomic E-state index is 14.8. The van der Waals surface area contributed by atoms with Crippen LogP contribution in [0.1, 0.15) is 48.6 Å². The summed E-state index contributed by atoms with van der Waals surface area (Å²) in [6.45, 7) is 0. The number of benzene rings is 1. The van der Waals surface area contributed by atoms with E-state index in [0.29, 0.717) is 23.0 Å². The fraction of sp³-hybridized carbons (Fsp3) is 0.320. The predicted octanol–water partition coefficient (Wildman–Crippen LogP) is 5.39. The molecule has 196 valence electrons. The van der Waals surface area contributed by atoms with E-state index in [-0.39, 0.29) is 36.4 Å². The van der Waals surface area contributed by atoms with Crippen molar-refractivity contribution in [2.75, 3.05) is 10.6 Å². The number of H-pyrrole nitrogens is 1. The predicted molar refractivity (Wildman–Crippen MR) is 127 cm³/mol. The molecule has 0 unspecified atom stereocenters. The first-order valence-electron chi connectivity index (χ1n) is 12.0. The normalized spacial score (nSPS) is 16.3. The Labute approximate surface area is 213 Å². The maximum atomic E-state index is 14.8. The molecule has 3 aromatic heterocycles. The summed E-state index contributed by atoms with van der Waals surface area (Å²) >= 11 is 0. The maximum Gasteiger partial charge on any atom is 0.401 e. The molecule has 2 fully saturated rings. The molecule has 0 bridgehead atoms. The summed E-state index contributed by atoms with van der Waals surface area (Å²) in [5.41, 5.74) is 1.01. The topological polar surface area (TPSA) is 122 Å². The van der Waals surface area contributed by atoms with Crippen LogP contribution in [0.25, 0.3) is 11.1 Å². The molecule has 1 aromatic carbocycles. The Balaban J connectivity index is 1.08. The molecule has 4 aromatic rings. The van der Waals surface area contributed by atoms with Gasteiger partial charge in [0.05, 0.1) is 24.0 Å². The zero-order valence-corrected chi connectivity index (χ0v) is 19.8. The summed E-state index contributed by atoms with van der Waals surface area (Å²) in [4.78, 5) is 21.0. The second-order valence-corrected chi connectivity index (χ2v) is 9.58. The lowest BCUT2D eigenvalue weighted by atomic mass is 10.0. The van der Waals surface area contributed by atoms with Crippen molar-refractivity contribution in [2.24, 2.45) is 0 Å². The molecule has 3 heterocycles. The molecule has 3 N–H and O–H groups in total. The summed E-state index contributed by atoms with van der Waals surface area (Å²) < 4.78 is 59.4. The molecule has 0 spiro atoms. The minimum Gasteiger partial charge on any atom is -0.358 e. The molecule has 0 saturated heterocycles. The lowest BCUT2D eigenvalue weighted by Crippen LogP contribution is -2.28. The largest absolute Gasteiger partial charge is 0.401 e. The van der Waals surface area contributed by atoms with Crippen molar-refractivity contribution >= 4 is 23.4 Å². The summed E-state index contributed by atoms with van der Waals surface area (Å²) in [6.07, 6.45) is 2.05. The molecule has 0 atom stereocenters. The van der Waals surface area contributed by atoms with Gasteiger partial charge in [0.2, 0.25) is 11.9 Å². The van der Waals surface area contributed by atoms with E-state index in [4.69, 9.17) is 4.52 Å². The molecule has 2 aliphatic carbocycles. The van der Waals surface area contributed by atoms with Gasteiger partial charge in [0.25, 0.3) is 0 Å². The summed E-state index contributed by atoms with van der Waals surface area (Å²) in [6, 6.07) is 5.42. The van der Waals surface area contributed by atoms with Crippen LogP contribution in [-0.4, -0.2) is 37.4 Å². The van der Waals surface area contributed by atoms with Gasteiger partial charge in [-0.2, -0.15) is 18.3 Å². The van der Waals surface area contributed by atoms with Gasteiger partial charge >= 0.3 is 6.18 Å². The van der Waals surface area contributed by atoms with Crippen molar-refractivity contribution in [2.45, 2.75) is 49.6 Å². The second kappa shape index (κ2) is 8.92. The Hall–Kier alpha value is -4.29. The summed E-state index contributed by atoms with van der Waals surface area (Å²) in [7, 11) is 0. The van der Waals surface area contributed by atoms with Gasteiger partial charge in [0.15, 0.2) is 11.6 Å². The van der Waals surface area contributed by atoms with Crippen LogP contribution in [0.3, 0.4) is 0 Å². The highest BCUT2D eigenvalue weighted by Crippen LogP contribution is 2.59. The van der Waals surface area contributed by atoms with Crippen LogP contribution in [0.4, 0.5) is 35.0 Å². The summed E-state index contributed by atoms with van der Waals surface area (Å²) in [5, 5.41) is 16.1. The van der Waals surface area contributed by atoms with Crippen LogP contribution >= 0.6 is 0 Å². The Kier molecular flexibility index (Phi) is 5.65. The van der Waals surface area contributed by atoms with E-state index in [1.807, 2.05) is 0 Å². The number of aromatic amines is 1. The number of carbonyl (C=O) groups excluding carboxylic acids is 1. The van der Waals surface area contributed by atoms with Crippen molar-refractivity contribution in [3.63, 3.8) is 0 Å². The van der Waals surface area contributed by atoms with Crippen molar-refractivity contribution < 1.29 is 26.9 Å². The number of hydrogen-bond donors (Lipinski definition) is 3. The molecule has 6 rings (SSSR count). The van der Waals surface area contributed by atoms with E-state index in [1.165, 1.54) is 12.1 Å². The zero-order chi connectivity index (χ0) is 26.5. The Morgan fingerprint density at radius 3 is 2.53 bits per heavy atom. The lowest BCUT2D eigenvalue weighted by molar-refractivity contribution is -0.165. The molecular formula is C25H21F4N7O2. The van der Waals surface area contributed by atoms with E-state index in [0.717, 1.165) is 30.3 Å². The number of amides is 1. The quantitative estimate of drug-likeness (QED) is 0.263. The molecule has 38 heavy (non-hydrogen) atoms. The number of aromatic nitrogens is 5. The number of halogens is 4. The third-order valence-electron chi connectivity index (χ3n) is 6.83. The molecule has 1 amide bonds. The Morgan fingerprint density at radius 2 is 1.87 bits per heavy atom. The first-order valence-corrected chi connectivity index (χ1v) is 12.0. The third-order valence-corrected chi connectivity index (χ3v) is 6.83. The van der Waals surface area contributed by atoms with Crippen LogP contribution in [0, 0.1) is 5.82 Å². The number of nitrogens with zero attached hydrogens (tertiary/aromatic N) is 4. The highest BCUT2D eigenvalue weighted by molar-refractivity contribution is 5.91. The molecule has 0 aliphatic heterocycles. The van der Waals surface area contributed by atoms with Crippen LogP contribution < -0.4 is 10.6 Å². The van der Waals surface area contributed by atoms with Crippen molar-refractivity contribution in [1.29, 1.82) is 0 Å². The average molecular weight is 527 g/mol. The molecular weight excluding hydrogens is 506 g/mol. The van der Waals surface area contributed by atoms with Crippen LogP contribution in [-0.2, 0) is 16.6 Å². The second-order valence-electron chi connectivity index (χ2n) is 9.58. The van der Waals surface area contributed by atoms with Gasteiger partial charge in [0, 0.05) is 29.9 Å². The number of carbonyl (C=O) groups is 1. The number of nitrogens with one attached hydrogen (secondary N) is 3. The third kappa shape index (κ3) is 4.59. The first-order chi connectivity index (χ1) is 18.2. The van der Waals surface area contributed by atoms with Crippen molar-refractivity contribution in [3.8, 4) is 11.1 Å². The van der Waals surface area contributed by atoms with Gasteiger partial charge in [-0.15, -0.1) is 0 Å². The monoisotopic (exact) mass is 527 g/mol. The van der Waals surface area contributed by atoms with Gasteiger partial charge in [-0.1, -0.05) is 17.3 Å². The smallest absolute Gasteiger partial charge is 0.358 e. The van der Waals surface area contributed by atoms with Gasteiger partial charge in [0.1, 0.15) is 11.2 Å². The van der Waals surface area contributed by atoms with E-state index >= 15 is 0 Å². The van der Waals surface area contributed by atoms with Gasteiger partial charge in [-0.05, 0) is 42.9 Å². The van der Waals surface area contributed by atoms with E-state index in [9.17, 15) is 22.4 Å². The summed E-state index contributed by atoms with van der Waals surface area (Å²) in [5.74, 6) is -0.903. The number of rotatable bonds is 8. The Morgan fingerprint density at radius 1 is 1.11 bits per heavy atom. The van der Waals surface area contributed by atoms with Crippen molar-refractivity contribution in [1.82, 2.24) is 25.3 Å². The molecule has 2 aliphatic rings. The molecule has 2 saturated carbocycles. The molecule has 13 heteroatoms. The minimum atomic E-state index is -4.46. The first kappa shape index (κ1) is 24.1. The van der Waals surface area contributed by atoms with Gasteiger partial charge in [-0.25, -0.2) is 14.4 Å². The number of anilines is 3. The average Bonchev–Trinajstić information content (AvgIpc) is 3.80. The minimum absolute atomic E-state index is 0.0906. The zero-order valence-electron chi connectivity index (χ0n) is 19.8. The standard InChI is InChI=1S/C25H21F4N7O2/c26-17-7-14(16-10-30-23(31-11-16)33-18-12-32-35-22(18)13-1-2-13)3-4-15(17)8-21(37)34-20-9-19(38-36-20)24(5-6-24)25(27,28)29/h3-4,7,9-13H,1-2,5-6,8H2,(H,32,35)(H,30,31,33)(H,34,36,37). The molecule has 9 nitrogen and oxygen atoms in total. The fourth-order valence-electron chi connectivity index (χ4n) is 4.33. The van der Waals surface area contributed by atoms with Crippen LogP contribution in [0.2, 0.25) is 0 Å².